The van der Waals surface area contributed by atoms with Gasteiger partial charge in [-0.15, -0.1) is 0 Å². The lowest BCUT2D eigenvalue weighted by atomic mass is 9.98. The molecule has 1 aromatic carbocycles. The van der Waals surface area contributed by atoms with Crippen molar-refractivity contribution in [2.24, 2.45) is 0 Å². The number of rotatable bonds is 0. The summed E-state index contributed by atoms with van der Waals surface area (Å²) in [6, 6.07) is 6.11. The number of hydrogen-bond donors (Lipinski definition) is 0. The number of nitriles is 1. The van der Waals surface area contributed by atoms with Crippen LogP contribution in [0.1, 0.15) is 30.0 Å². The normalized spacial score (nSPS) is 19.4. The van der Waals surface area contributed by atoms with Crippen molar-refractivity contribution in [2.75, 3.05) is 0 Å². The third-order valence-electron chi connectivity index (χ3n) is 2.68. The molecule has 1 aromatic rings. The molecule has 72 valence electrons. The lowest BCUT2D eigenvalue weighted by molar-refractivity contribution is 0.192. The van der Waals surface area contributed by atoms with E-state index in [9.17, 15) is 0 Å². The Morgan fingerprint density at radius 3 is 3.00 bits per heavy atom. The van der Waals surface area contributed by atoms with E-state index in [4.69, 9.17) is 10.00 Å². The van der Waals surface area contributed by atoms with E-state index in [0.717, 1.165) is 29.7 Å². The van der Waals surface area contributed by atoms with Gasteiger partial charge in [-0.25, -0.2) is 0 Å². The summed E-state index contributed by atoms with van der Waals surface area (Å²) in [7, 11) is 0. The SMILES string of the molecule is Cc1cc2c(cc1C#N)OC(C)CC2. The molecule has 0 amide bonds. The van der Waals surface area contributed by atoms with Crippen molar-refractivity contribution in [1.29, 1.82) is 5.26 Å². The number of nitrogens with zero attached hydrogens (tertiary/aromatic N) is 1. The van der Waals surface area contributed by atoms with E-state index >= 15 is 0 Å². The summed E-state index contributed by atoms with van der Waals surface area (Å²) >= 11 is 0. The van der Waals surface area contributed by atoms with Crippen LogP contribution < -0.4 is 4.74 Å². The molecule has 0 aliphatic carbocycles. The molecule has 0 radical (unpaired) electrons. The quantitative estimate of drug-likeness (QED) is 0.625. The van der Waals surface area contributed by atoms with Gasteiger partial charge >= 0.3 is 0 Å². The van der Waals surface area contributed by atoms with Crippen molar-refractivity contribution >= 4 is 0 Å². The number of aryl methyl sites for hydroxylation is 2. The van der Waals surface area contributed by atoms with Crippen LogP contribution in [0, 0.1) is 18.3 Å². The highest BCUT2D eigenvalue weighted by Crippen LogP contribution is 2.30. The minimum atomic E-state index is 0.275. The maximum atomic E-state index is 8.88. The molecule has 2 nitrogen and oxygen atoms in total. The molecule has 1 unspecified atom stereocenters. The molecule has 2 rings (SSSR count). The van der Waals surface area contributed by atoms with Crippen LogP contribution in [0.25, 0.3) is 0 Å². The Labute approximate surface area is 84.1 Å². The van der Waals surface area contributed by atoms with Gasteiger partial charge < -0.3 is 4.74 Å². The van der Waals surface area contributed by atoms with E-state index in [-0.39, 0.29) is 6.10 Å². The van der Waals surface area contributed by atoms with Crippen LogP contribution in [0.3, 0.4) is 0 Å². The molecule has 0 N–H and O–H groups in total. The fraction of sp³-hybridized carbons (Fsp3) is 0.417. The van der Waals surface area contributed by atoms with Crippen LogP contribution in [0.4, 0.5) is 0 Å². The Kier molecular flexibility index (Phi) is 2.17. The fourth-order valence-corrected chi connectivity index (χ4v) is 1.81. The molecule has 14 heavy (non-hydrogen) atoms. The van der Waals surface area contributed by atoms with Crippen LogP contribution in [0.2, 0.25) is 0 Å². The first-order valence-corrected chi connectivity index (χ1v) is 4.91. The first kappa shape index (κ1) is 9.08. The summed E-state index contributed by atoms with van der Waals surface area (Å²) in [5, 5.41) is 8.88. The molecule has 0 spiro atoms. The topological polar surface area (TPSA) is 33.0 Å². The molecule has 0 saturated carbocycles. The van der Waals surface area contributed by atoms with E-state index < -0.39 is 0 Å². The van der Waals surface area contributed by atoms with Gasteiger partial charge in [-0.3, -0.25) is 0 Å². The minimum absolute atomic E-state index is 0.275. The Balaban J connectivity index is 2.47. The van der Waals surface area contributed by atoms with Crippen molar-refractivity contribution in [3.8, 4) is 11.8 Å². The number of fused-ring (bicyclic) bond motifs is 1. The van der Waals surface area contributed by atoms with Crippen LogP contribution in [-0.4, -0.2) is 6.10 Å². The Bertz CT molecular complexity index is 404. The summed E-state index contributed by atoms with van der Waals surface area (Å²) in [6.45, 7) is 4.03. The van der Waals surface area contributed by atoms with Gasteiger partial charge in [-0.05, 0) is 43.9 Å². The van der Waals surface area contributed by atoms with Crippen LogP contribution in [-0.2, 0) is 6.42 Å². The van der Waals surface area contributed by atoms with E-state index in [1.165, 1.54) is 5.56 Å². The second kappa shape index (κ2) is 3.34. The van der Waals surface area contributed by atoms with Crippen molar-refractivity contribution < 1.29 is 4.74 Å². The van der Waals surface area contributed by atoms with Crippen LogP contribution in [0.5, 0.6) is 5.75 Å². The van der Waals surface area contributed by atoms with Gasteiger partial charge in [-0.1, -0.05) is 6.07 Å². The van der Waals surface area contributed by atoms with Gasteiger partial charge in [-0.2, -0.15) is 5.26 Å². The van der Waals surface area contributed by atoms with Gasteiger partial charge in [0, 0.05) is 0 Å². The highest BCUT2D eigenvalue weighted by molar-refractivity contribution is 5.48. The highest BCUT2D eigenvalue weighted by atomic mass is 16.5. The van der Waals surface area contributed by atoms with Gasteiger partial charge in [0.15, 0.2) is 0 Å². The van der Waals surface area contributed by atoms with Crippen molar-refractivity contribution in [3.63, 3.8) is 0 Å². The smallest absolute Gasteiger partial charge is 0.124 e. The van der Waals surface area contributed by atoms with Gasteiger partial charge in [0.25, 0.3) is 0 Å². The van der Waals surface area contributed by atoms with Crippen molar-refractivity contribution in [1.82, 2.24) is 0 Å². The van der Waals surface area contributed by atoms with Crippen molar-refractivity contribution in [3.05, 3.63) is 28.8 Å². The van der Waals surface area contributed by atoms with Gasteiger partial charge in [0.1, 0.15) is 5.75 Å². The predicted molar refractivity (Wildman–Crippen MR) is 54.3 cm³/mol. The largest absolute Gasteiger partial charge is 0.490 e. The third-order valence-corrected chi connectivity index (χ3v) is 2.68. The van der Waals surface area contributed by atoms with Crippen LogP contribution in [0.15, 0.2) is 12.1 Å². The fourth-order valence-electron chi connectivity index (χ4n) is 1.81. The third kappa shape index (κ3) is 1.46. The van der Waals surface area contributed by atoms with Gasteiger partial charge in [0.2, 0.25) is 0 Å². The standard InChI is InChI=1S/C12H13NO/c1-8-5-10-4-3-9(2)14-12(10)6-11(8)7-13/h5-6,9H,3-4H2,1-2H3. The number of hydrogen-bond acceptors (Lipinski definition) is 2. The first-order valence-electron chi connectivity index (χ1n) is 4.91. The first-order chi connectivity index (χ1) is 6.70. The zero-order chi connectivity index (χ0) is 10.1. The van der Waals surface area contributed by atoms with E-state index in [1.54, 1.807) is 0 Å². The Hall–Kier alpha value is -1.49. The summed E-state index contributed by atoms with van der Waals surface area (Å²) in [6.07, 6.45) is 2.40. The maximum Gasteiger partial charge on any atom is 0.124 e. The minimum Gasteiger partial charge on any atom is -0.490 e. The molecule has 2 heteroatoms. The summed E-state index contributed by atoms with van der Waals surface area (Å²) in [4.78, 5) is 0. The molecule has 1 aliphatic heterocycles. The lowest BCUT2D eigenvalue weighted by Crippen LogP contribution is -2.19. The average Bonchev–Trinajstić information content (AvgIpc) is 2.17. The van der Waals surface area contributed by atoms with E-state index in [1.807, 2.05) is 13.0 Å². The highest BCUT2D eigenvalue weighted by Gasteiger charge is 2.17. The van der Waals surface area contributed by atoms with E-state index in [0.29, 0.717) is 0 Å². The predicted octanol–water partition coefficient (Wildman–Crippen LogP) is 2.58. The molecule has 0 fully saturated rings. The molecule has 1 atom stereocenters. The molecular weight excluding hydrogens is 174 g/mol. The lowest BCUT2D eigenvalue weighted by Gasteiger charge is -2.23. The van der Waals surface area contributed by atoms with E-state index in [2.05, 4.69) is 19.1 Å². The second-order valence-electron chi connectivity index (χ2n) is 3.85. The summed E-state index contributed by atoms with van der Waals surface area (Å²) in [5.74, 6) is 0.894. The molecule has 1 aliphatic rings. The molecule has 1 heterocycles. The monoisotopic (exact) mass is 187 g/mol. The number of ether oxygens (including phenoxy) is 1. The van der Waals surface area contributed by atoms with Crippen molar-refractivity contribution in [2.45, 2.75) is 32.8 Å². The summed E-state index contributed by atoms with van der Waals surface area (Å²) in [5.41, 5.74) is 3.00. The summed E-state index contributed by atoms with van der Waals surface area (Å²) < 4.78 is 5.68. The molecule has 0 bridgehead atoms. The Morgan fingerprint density at radius 1 is 1.50 bits per heavy atom. The van der Waals surface area contributed by atoms with Gasteiger partial charge in [0.05, 0.1) is 17.7 Å². The second-order valence-corrected chi connectivity index (χ2v) is 3.85. The maximum absolute atomic E-state index is 8.88. The Morgan fingerprint density at radius 2 is 2.29 bits per heavy atom. The molecule has 0 saturated heterocycles. The number of benzene rings is 1. The van der Waals surface area contributed by atoms with Crippen LogP contribution >= 0.6 is 0 Å². The zero-order valence-corrected chi connectivity index (χ0v) is 8.50. The molecular formula is C12H13NO. The zero-order valence-electron chi connectivity index (χ0n) is 8.50. The molecule has 0 aromatic heterocycles. The average molecular weight is 187 g/mol.